The molecule has 2 aliphatic rings. The number of aryl methyl sites for hydroxylation is 1. The highest BCUT2D eigenvalue weighted by Crippen LogP contribution is 2.48. The molecule has 1 saturated carbocycles. The lowest BCUT2D eigenvalue weighted by molar-refractivity contribution is -0.142. The van der Waals surface area contributed by atoms with Crippen LogP contribution in [0.4, 0.5) is 10.2 Å². The number of methoxy groups -OCH3 is 1. The number of nitrogens with zero attached hydrogens (tertiary/aromatic N) is 4. The first kappa shape index (κ1) is 28.4. The van der Waals surface area contributed by atoms with Crippen molar-refractivity contribution in [1.29, 1.82) is 0 Å². The van der Waals surface area contributed by atoms with Gasteiger partial charge in [-0.3, -0.25) is 13.9 Å². The van der Waals surface area contributed by atoms with E-state index in [9.17, 15) is 14.5 Å². The number of alkyl halides is 1. The van der Waals surface area contributed by atoms with Gasteiger partial charge >= 0.3 is 13.7 Å². The van der Waals surface area contributed by atoms with Crippen molar-refractivity contribution in [2.45, 2.75) is 69.8 Å². The molecule has 1 aromatic carbocycles. The van der Waals surface area contributed by atoms with Crippen molar-refractivity contribution in [3.63, 3.8) is 0 Å². The molecule has 2 fully saturated rings. The second-order valence-corrected chi connectivity index (χ2v) is 11.8. The van der Waals surface area contributed by atoms with Gasteiger partial charge in [-0.25, -0.2) is 23.9 Å². The van der Waals surface area contributed by atoms with E-state index >= 15 is 4.39 Å². The lowest BCUT2D eigenvalue weighted by Gasteiger charge is -2.25. The molecule has 0 spiro atoms. The molecule has 0 bridgehead atoms. The van der Waals surface area contributed by atoms with E-state index in [1.807, 2.05) is 0 Å². The molecular formula is C25H32FN6O7P. The molecule has 40 heavy (non-hydrogen) atoms. The molecule has 3 aromatic rings. The third-order valence-electron chi connectivity index (χ3n) is 6.71. The summed E-state index contributed by atoms with van der Waals surface area (Å²) in [5.41, 5.74) is -1.51. The number of aliphatic hydroxyl groups is 1. The van der Waals surface area contributed by atoms with Crippen LogP contribution < -0.4 is 14.9 Å². The summed E-state index contributed by atoms with van der Waals surface area (Å²) in [4.78, 5) is 25.2. The van der Waals surface area contributed by atoms with Crippen molar-refractivity contribution in [1.82, 2.24) is 24.6 Å². The van der Waals surface area contributed by atoms with E-state index in [1.54, 1.807) is 37.3 Å². The number of aromatic nitrogens is 4. The number of aliphatic hydroxyl groups excluding tert-OH is 1. The molecule has 216 valence electrons. The van der Waals surface area contributed by atoms with Crippen molar-refractivity contribution < 1.29 is 37.4 Å². The van der Waals surface area contributed by atoms with Gasteiger partial charge in [0, 0.05) is 6.04 Å². The molecule has 15 heteroatoms. The van der Waals surface area contributed by atoms with E-state index in [4.69, 9.17) is 18.5 Å². The minimum absolute atomic E-state index is 0.201. The molecule has 1 unspecified atom stereocenters. The van der Waals surface area contributed by atoms with Crippen LogP contribution in [0.2, 0.25) is 0 Å². The third kappa shape index (κ3) is 5.81. The fourth-order valence-corrected chi connectivity index (χ4v) is 5.92. The Bertz CT molecular complexity index is 1420. The van der Waals surface area contributed by atoms with Crippen LogP contribution in [-0.2, 0) is 23.4 Å². The molecular weight excluding hydrogens is 546 g/mol. The van der Waals surface area contributed by atoms with E-state index in [0.29, 0.717) is 28.8 Å². The molecule has 1 aliphatic heterocycles. The zero-order valence-electron chi connectivity index (χ0n) is 22.5. The van der Waals surface area contributed by atoms with Crippen LogP contribution in [0.5, 0.6) is 5.75 Å². The largest absolute Gasteiger partial charge is 0.468 e. The monoisotopic (exact) mass is 578 g/mol. The second kappa shape index (κ2) is 11.0. The molecule has 0 radical (unpaired) electrons. The average Bonchev–Trinajstić information content (AvgIpc) is 3.59. The number of para-hydroxylation sites is 1. The van der Waals surface area contributed by atoms with E-state index in [0.717, 1.165) is 12.8 Å². The van der Waals surface area contributed by atoms with E-state index < -0.39 is 50.5 Å². The highest BCUT2D eigenvalue weighted by Gasteiger charge is 2.56. The molecule has 0 amide bonds. The average molecular weight is 579 g/mol. The van der Waals surface area contributed by atoms with Crippen molar-refractivity contribution >= 4 is 30.7 Å². The number of halogens is 1. The first-order valence-corrected chi connectivity index (χ1v) is 14.4. The summed E-state index contributed by atoms with van der Waals surface area (Å²) in [6.07, 6.45) is -0.826. The number of fused-ring (bicyclic) bond motifs is 1. The van der Waals surface area contributed by atoms with Crippen LogP contribution in [0, 0.1) is 6.92 Å². The SMILES string of the molecule is COC(=O)[C@@H](C)NP(=O)(OC[C@H]1O[C@@H](n2cnc3c(NC4CC4)nc(C)nc32)[C@](C)(F)[C@@H]1O)Oc1ccccc1. The molecule has 1 saturated heterocycles. The Kier molecular flexibility index (Phi) is 7.81. The predicted octanol–water partition coefficient (Wildman–Crippen LogP) is 3.05. The molecule has 6 atom stereocenters. The van der Waals surface area contributed by atoms with Gasteiger partial charge in [0.2, 0.25) is 0 Å². The van der Waals surface area contributed by atoms with Crippen LogP contribution in [0.1, 0.15) is 38.7 Å². The normalized spacial score (nSPS) is 26.8. The van der Waals surface area contributed by atoms with Crippen LogP contribution >= 0.6 is 7.75 Å². The van der Waals surface area contributed by atoms with Crippen LogP contribution in [0.3, 0.4) is 0 Å². The number of rotatable bonds is 11. The van der Waals surface area contributed by atoms with Gasteiger partial charge in [0.05, 0.1) is 20.0 Å². The highest BCUT2D eigenvalue weighted by atomic mass is 31.2. The summed E-state index contributed by atoms with van der Waals surface area (Å²) in [5, 5.41) is 16.7. The van der Waals surface area contributed by atoms with Gasteiger partial charge in [-0.15, -0.1) is 0 Å². The summed E-state index contributed by atoms with van der Waals surface area (Å²) in [5.74, 6) is 0.509. The zero-order chi connectivity index (χ0) is 28.7. The van der Waals surface area contributed by atoms with Gasteiger partial charge in [0.25, 0.3) is 0 Å². The van der Waals surface area contributed by atoms with E-state index in [1.165, 1.54) is 31.9 Å². The van der Waals surface area contributed by atoms with Crippen molar-refractivity contribution in [2.24, 2.45) is 0 Å². The maximum Gasteiger partial charge on any atom is 0.459 e. The molecule has 13 nitrogen and oxygen atoms in total. The van der Waals surface area contributed by atoms with E-state index in [2.05, 4.69) is 25.4 Å². The van der Waals surface area contributed by atoms with Gasteiger partial charge < -0.3 is 24.4 Å². The Morgan fingerprint density at radius 2 is 2.05 bits per heavy atom. The van der Waals surface area contributed by atoms with Crippen LogP contribution in [0.25, 0.3) is 11.2 Å². The topological polar surface area (TPSA) is 159 Å². The molecule has 1 aliphatic carbocycles. The number of benzene rings is 1. The van der Waals surface area contributed by atoms with E-state index in [-0.39, 0.29) is 5.75 Å². The quantitative estimate of drug-likeness (QED) is 0.226. The van der Waals surface area contributed by atoms with Crippen molar-refractivity contribution in [3.05, 3.63) is 42.5 Å². The number of hydrogen-bond acceptors (Lipinski definition) is 11. The number of imidazole rings is 1. The van der Waals surface area contributed by atoms with Crippen LogP contribution in [-0.4, -0.2) is 74.3 Å². The molecule has 3 heterocycles. The molecule has 2 aromatic heterocycles. The minimum Gasteiger partial charge on any atom is -0.468 e. The van der Waals surface area contributed by atoms with Crippen molar-refractivity contribution in [2.75, 3.05) is 19.0 Å². The maximum absolute atomic E-state index is 16.0. The van der Waals surface area contributed by atoms with Gasteiger partial charge in [0.15, 0.2) is 28.9 Å². The maximum atomic E-state index is 16.0. The number of carbonyl (C=O) groups excluding carboxylic acids is 1. The molecule has 5 rings (SSSR count). The second-order valence-electron chi connectivity index (χ2n) is 10.1. The minimum atomic E-state index is -4.24. The van der Waals surface area contributed by atoms with Gasteiger partial charge in [-0.2, -0.15) is 5.09 Å². The Hall–Kier alpha value is -3.16. The smallest absolute Gasteiger partial charge is 0.459 e. The van der Waals surface area contributed by atoms with Crippen LogP contribution in [0.15, 0.2) is 36.7 Å². The summed E-state index contributed by atoms with van der Waals surface area (Å²) in [6, 6.07) is 7.42. The van der Waals surface area contributed by atoms with Crippen molar-refractivity contribution in [3.8, 4) is 5.75 Å². The summed E-state index contributed by atoms with van der Waals surface area (Å²) < 4.78 is 52.9. The van der Waals surface area contributed by atoms with Gasteiger partial charge in [-0.05, 0) is 45.7 Å². The zero-order valence-corrected chi connectivity index (χ0v) is 23.4. The lowest BCUT2D eigenvalue weighted by Crippen LogP contribution is -2.41. The summed E-state index contributed by atoms with van der Waals surface area (Å²) in [7, 11) is -3.05. The predicted molar refractivity (Wildman–Crippen MR) is 141 cm³/mol. The first-order valence-electron chi connectivity index (χ1n) is 12.9. The molecule has 3 N–H and O–H groups in total. The number of anilines is 1. The number of hydrogen-bond donors (Lipinski definition) is 3. The Balaban J connectivity index is 1.37. The Morgan fingerprint density at radius 3 is 2.73 bits per heavy atom. The lowest BCUT2D eigenvalue weighted by atomic mass is 9.98. The van der Waals surface area contributed by atoms with Gasteiger partial charge in [-0.1, -0.05) is 18.2 Å². The van der Waals surface area contributed by atoms with Gasteiger partial charge in [0.1, 0.15) is 29.8 Å². The summed E-state index contributed by atoms with van der Waals surface area (Å²) in [6.45, 7) is 3.81. The highest BCUT2D eigenvalue weighted by molar-refractivity contribution is 7.52. The standard InChI is InChI=1S/C25H32FN6O7P/c1-14(23(34)36-4)31-40(35,39-17-8-6-5-7-9-17)37-12-18-20(33)25(3,26)24(38-18)32-13-27-19-21(30-16-10-11-16)28-15(2)29-22(19)32/h5-9,13-14,16,18,20,24,33H,10-12H2,1-4H3,(H,31,35)(H,28,29,30)/t14-,18-,20-,24-,25-,40?/m1/s1. The number of carbonyl (C=O) groups is 1. The fourth-order valence-electron chi connectivity index (χ4n) is 4.42. The Morgan fingerprint density at radius 1 is 1.32 bits per heavy atom. The first-order chi connectivity index (χ1) is 19.0. The summed E-state index contributed by atoms with van der Waals surface area (Å²) >= 11 is 0. The number of ether oxygens (including phenoxy) is 2. The third-order valence-corrected chi connectivity index (χ3v) is 8.35. The number of esters is 1. The Labute approximate surface area is 230 Å². The fraction of sp³-hybridized carbons (Fsp3) is 0.520. The number of nitrogens with one attached hydrogen (secondary N) is 2.